The summed E-state index contributed by atoms with van der Waals surface area (Å²) in [6, 6.07) is 17.0. The lowest BCUT2D eigenvalue weighted by Crippen LogP contribution is -2.35. The summed E-state index contributed by atoms with van der Waals surface area (Å²) in [5, 5.41) is 3.84. The van der Waals surface area contributed by atoms with Crippen LogP contribution in [0, 0.1) is 5.82 Å². The highest BCUT2D eigenvalue weighted by Crippen LogP contribution is 2.37. The van der Waals surface area contributed by atoms with E-state index in [1.165, 1.54) is 49.6 Å². The molecular weight excluding hydrogens is 477 g/mol. The van der Waals surface area contributed by atoms with E-state index < -0.39 is 23.5 Å². The summed E-state index contributed by atoms with van der Waals surface area (Å²) in [6.07, 6.45) is 1.39. The molecule has 4 rings (SSSR count). The van der Waals surface area contributed by atoms with Crippen molar-refractivity contribution < 1.29 is 28.2 Å². The average Bonchev–Trinajstić information content (AvgIpc) is 3.13. The van der Waals surface area contributed by atoms with Crippen molar-refractivity contribution in [3.8, 4) is 11.5 Å². The molecule has 0 saturated carbocycles. The molecule has 3 aromatic carbocycles. The first-order chi connectivity index (χ1) is 16.9. The summed E-state index contributed by atoms with van der Waals surface area (Å²) >= 11 is 6.35. The Morgan fingerprint density at radius 2 is 1.83 bits per heavy atom. The van der Waals surface area contributed by atoms with Gasteiger partial charge in [-0.05, 0) is 60.2 Å². The Morgan fingerprint density at radius 1 is 1.11 bits per heavy atom. The van der Waals surface area contributed by atoms with Crippen LogP contribution >= 0.6 is 11.6 Å². The van der Waals surface area contributed by atoms with Crippen LogP contribution in [0.2, 0.25) is 5.02 Å². The van der Waals surface area contributed by atoms with Gasteiger partial charge in [0.2, 0.25) is 0 Å². The third kappa shape index (κ3) is 5.42. The second-order valence-electron chi connectivity index (χ2n) is 7.35. The Hall–Kier alpha value is -4.37. The Morgan fingerprint density at radius 3 is 2.51 bits per heavy atom. The highest BCUT2D eigenvalue weighted by atomic mass is 35.5. The summed E-state index contributed by atoms with van der Waals surface area (Å²) < 4.78 is 23.9. The smallest absolute Gasteiger partial charge is 0.282 e. The Kier molecular flexibility index (Phi) is 6.98. The van der Waals surface area contributed by atoms with Crippen LogP contribution in [-0.4, -0.2) is 31.4 Å². The van der Waals surface area contributed by atoms with Crippen molar-refractivity contribution in [2.24, 2.45) is 0 Å². The number of benzene rings is 3. The number of carbonyl (C=O) groups is 3. The predicted octanol–water partition coefficient (Wildman–Crippen LogP) is 3.97. The fourth-order valence-corrected chi connectivity index (χ4v) is 3.59. The van der Waals surface area contributed by atoms with Gasteiger partial charge < -0.3 is 14.8 Å². The quantitative estimate of drug-likeness (QED) is 0.382. The van der Waals surface area contributed by atoms with E-state index in [2.05, 4.69) is 10.7 Å². The molecule has 2 N–H and O–H groups in total. The summed E-state index contributed by atoms with van der Waals surface area (Å²) in [5.41, 5.74) is 3.79. The van der Waals surface area contributed by atoms with Gasteiger partial charge in [0.15, 0.2) is 18.1 Å². The number of ether oxygens (including phenoxy) is 2. The van der Waals surface area contributed by atoms with Gasteiger partial charge in [-0.1, -0.05) is 29.8 Å². The summed E-state index contributed by atoms with van der Waals surface area (Å²) in [5.74, 6) is -1.69. The van der Waals surface area contributed by atoms with Gasteiger partial charge in [-0.2, -0.15) is 0 Å². The van der Waals surface area contributed by atoms with Gasteiger partial charge >= 0.3 is 0 Å². The number of carbonyl (C=O) groups excluding carboxylic acids is 3. The van der Waals surface area contributed by atoms with E-state index in [1.807, 2.05) is 0 Å². The lowest BCUT2D eigenvalue weighted by Gasteiger charge is -2.14. The number of nitrogens with zero attached hydrogens (tertiary/aromatic N) is 1. The van der Waals surface area contributed by atoms with Crippen molar-refractivity contribution in [1.29, 1.82) is 0 Å². The number of anilines is 2. The van der Waals surface area contributed by atoms with Crippen molar-refractivity contribution in [2.75, 3.05) is 24.0 Å². The molecule has 0 unspecified atom stereocenters. The molecule has 178 valence electrons. The van der Waals surface area contributed by atoms with Gasteiger partial charge in [0.05, 0.1) is 17.8 Å². The molecule has 0 aliphatic carbocycles. The minimum atomic E-state index is -0.563. The van der Waals surface area contributed by atoms with Crippen molar-refractivity contribution in [3.05, 3.63) is 88.7 Å². The molecule has 0 atom stereocenters. The SMILES string of the molecule is COc1cc(C=C2C(=O)NN(c3ccccc3)C2=O)cc(Cl)c1OCC(=O)Nc1ccc(F)cc1. The van der Waals surface area contributed by atoms with Crippen LogP contribution in [0.3, 0.4) is 0 Å². The van der Waals surface area contributed by atoms with Crippen LogP contribution in [0.1, 0.15) is 5.56 Å². The molecule has 0 spiro atoms. The number of rotatable bonds is 7. The highest BCUT2D eigenvalue weighted by molar-refractivity contribution is 6.33. The largest absolute Gasteiger partial charge is 0.493 e. The average molecular weight is 496 g/mol. The second-order valence-corrected chi connectivity index (χ2v) is 7.76. The number of hydrogen-bond donors (Lipinski definition) is 2. The van der Waals surface area contributed by atoms with Crippen LogP contribution in [0.15, 0.2) is 72.3 Å². The van der Waals surface area contributed by atoms with E-state index >= 15 is 0 Å². The van der Waals surface area contributed by atoms with Crippen LogP contribution in [-0.2, 0) is 14.4 Å². The molecule has 1 fully saturated rings. The number of hydrogen-bond acceptors (Lipinski definition) is 5. The molecule has 0 radical (unpaired) electrons. The number of nitrogens with one attached hydrogen (secondary N) is 2. The predicted molar refractivity (Wildman–Crippen MR) is 129 cm³/mol. The molecule has 1 aliphatic rings. The minimum absolute atomic E-state index is 0.0840. The molecule has 3 aromatic rings. The fourth-order valence-electron chi connectivity index (χ4n) is 3.31. The maximum absolute atomic E-state index is 13.0. The minimum Gasteiger partial charge on any atom is -0.493 e. The lowest BCUT2D eigenvalue weighted by molar-refractivity contribution is -0.118. The maximum atomic E-state index is 13.0. The van der Waals surface area contributed by atoms with Gasteiger partial charge in [0.1, 0.15) is 11.4 Å². The number of methoxy groups -OCH3 is 1. The van der Waals surface area contributed by atoms with E-state index in [1.54, 1.807) is 30.3 Å². The van der Waals surface area contributed by atoms with Gasteiger partial charge in [-0.25, -0.2) is 9.40 Å². The highest BCUT2D eigenvalue weighted by Gasteiger charge is 2.34. The van der Waals surface area contributed by atoms with Crippen molar-refractivity contribution in [2.45, 2.75) is 0 Å². The van der Waals surface area contributed by atoms with Gasteiger partial charge in [0.25, 0.3) is 17.7 Å². The summed E-state index contributed by atoms with van der Waals surface area (Å²) in [7, 11) is 1.39. The van der Waals surface area contributed by atoms with Gasteiger partial charge in [-0.3, -0.25) is 19.8 Å². The Balaban J connectivity index is 1.50. The number of para-hydroxylation sites is 1. The van der Waals surface area contributed by atoms with E-state index in [0.29, 0.717) is 16.9 Å². The molecule has 8 nitrogen and oxygen atoms in total. The van der Waals surface area contributed by atoms with Gasteiger partial charge in [-0.15, -0.1) is 0 Å². The maximum Gasteiger partial charge on any atom is 0.282 e. The van der Waals surface area contributed by atoms with E-state index in [4.69, 9.17) is 21.1 Å². The molecule has 1 heterocycles. The number of amides is 3. The topological polar surface area (TPSA) is 97.0 Å². The first kappa shape index (κ1) is 23.8. The van der Waals surface area contributed by atoms with E-state index in [-0.39, 0.29) is 28.7 Å². The second kappa shape index (κ2) is 10.3. The monoisotopic (exact) mass is 495 g/mol. The molecule has 35 heavy (non-hydrogen) atoms. The van der Waals surface area contributed by atoms with E-state index in [0.717, 1.165) is 5.01 Å². The van der Waals surface area contributed by atoms with Crippen molar-refractivity contribution in [1.82, 2.24) is 5.43 Å². The third-order valence-corrected chi connectivity index (χ3v) is 5.22. The van der Waals surface area contributed by atoms with E-state index in [9.17, 15) is 18.8 Å². The zero-order valence-electron chi connectivity index (χ0n) is 18.4. The fraction of sp³-hybridized carbons (Fsp3) is 0.0800. The first-order valence-corrected chi connectivity index (χ1v) is 10.7. The number of hydrazine groups is 1. The van der Waals surface area contributed by atoms with Crippen molar-refractivity contribution >= 4 is 46.8 Å². The molecule has 1 aliphatic heterocycles. The number of halogens is 2. The van der Waals surface area contributed by atoms with Crippen LogP contribution in [0.4, 0.5) is 15.8 Å². The molecular formula is C25H19ClFN3O5. The van der Waals surface area contributed by atoms with Gasteiger partial charge in [0, 0.05) is 5.69 Å². The molecule has 10 heteroatoms. The van der Waals surface area contributed by atoms with Crippen LogP contribution in [0.5, 0.6) is 11.5 Å². The normalized spacial score (nSPS) is 14.1. The Labute approximate surface area is 204 Å². The van der Waals surface area contributed by atoms with Crippen molar-refractivity contribution in [3.63, 3.8) is 0 Å². The molecule has 0 bridgehead atoms. The van der Waals surface area contributed by atoms with Crippen LogP contribution < -0.4 is 25.2 Å². The zero-order chi connectivity index (χ0) is 24.9. The lowest BCUT2D eigenvalue weighted by atomic mass is 10.1. The molecule has 0 aromatic heterocycles. The standard InChI is InChI=1S/C25H19ClFN3O5/c1-34-21-13-15(11-19-24(32)29-30(25(19)33)18-5-3-2-4-6-18)12-20(26)23(21)35-14-22(31)28-17-9-7-16(27)8-10-17/h2-13H,14H2,1H3,(H,28,31)(H,29,32). The third-order valence-electron chi connectivity index (χ3n) is 4.94. The molecule has 1 saturated heterocycles. The Bertz CT molecular complexity index is 1310. The first-order valence-electron chi connectivity index (χ1n) is 10.3. The summed E-state index contributed by atoms with van der Waals surface area (Å²) in [6.45, 7) is -0.388. The molecule has 3 amide bonds. The zero-order valence-corrected chi connectivity index (χ0v) is 19.1. The van der Waals surface area contributed by atoms with Crippen LogP contribution in [0.25, 0.3) is 6.08 Å². The summed E-state index contributed by atoms with van der Waals surface area (Å²) in [4.78, 5) is 37.4.